The Kier molecular flexibility index (Phi) is 2.60. The van der Waals surface area contributed by atoms with Crippen LogP contribution in [0.15, 0.2) is 36.5 Å². The van der Waals surface area contributed by atoms with Gasteiger partial charge in [-0.1, -0.05) is 18.2 Å². The summed E-state index contributed by atoms with van der Waals surface area (Å²) in [5, 5.41) is 0.932. The fourth-order valence-electron chi connectivity index (χ4n) is 1.35. The summed E-state index contributed by atoms with van der Waals surface area (Å²) in [7, 11) is 1.40. The lowest BCUT2D eigenvalue weighted by molar-refractivity contribution is 0.0537. The summed E-state index contributed by atoms with van der Waals surface area (Å²) in [5.74, 6) is -0.296. The number of hydrogen-bond donors (Lipinski definition) is 1. The molecule has 1 aromatic carbocycles. The Bertz CT molecular complexity index is 497. The maximum atomic E-state index is 11.4. The third-order valence-electron chi connectivity index (χ3n) is 2.05. The van der Waals surface area contributed by atoms with Gasteiger partial charge in [0, 0.05) is 11.6 Å². The van der Waals surface area contributed by atoms with Gasteiger partial charge in [-0.15, -0.1) is 0 Å². The van der Waals surface area contributed by atoms with Crippen LogP contribution in [0.2, 0.25) is 0 Å². The highest BCUT2D eigenvalue weighted by Crippen LogP contribution is 2.12. The number of amides is 1. The molecular formula is C11H10N2O2. The SMILES string of the molecule is CONC(=O)c1cnc2ccccc2c1. The van der Waals surface area contributed by atoms with Gasteiger partial charge in [-0.3, -0.25) is 14.6 Å². The minimum Gasteiger partial charge on any atom is -0.277 e. The van der Waals surface area contributed by atoms with Gasteiger partial charge in [0.15, 0.2) is 0 Å². The highest BCUT2D eigenvalue weighted by molar-refractivity contribution is 5.96. The van der Waals surface area contributed by atoms with Crippen molar-refractivity contribution in [2.45, 2.75) is 0 Å². The Morgan fingerprint density at radius 2 is 2.20 bits per heavy atom. The zero-order valence-electron chi connectivity index (χ0n) is 8.23. The summed E-state index contributed by atoms with van der Waals surface area (Å²) < 4.78 is 0. The van der Waals surface area contributed by atoms with Crippen molar-refractivity contribution in [3.05, 3.63) is 42.1 Å². The van der Waals surface area contributed by atoms with Crippen molar-refractivity contribution >= 4 is 16.8 Å². The minimum atomic E-state index is -0.296. The number of nitrogens with zero attached hydrogens (tertiary/aromatic N) is 1. The number of rotatable bonds is 2. The summed E-state index contributed by atoms with van der Waals surface area (Å²) in [6, 6.07) is 9.39. The highest BCUT2D eigenvalue weighted by Gasteiger charge is 2.05. The first-order valence-corrected chi connectivity index (χ1v) is 4.49. The van der Waals surface area contributed by atoms with Gasteiger partial charge in [0.1, 0.15) is 0 Å². The zero-order valence-corrected chi connectivity index (χ0v) is 8.23. The molecule has 0 saturated heterocycles. The molecule has 0 spiro atoms. The molecule has 0 atom stereocenters. The molecule has 0 unspecified atom stereocenters. The fraction of sp³-hybridized carbons (Fsp3) is 0.0909. The van der Waals surface area contributed by atoms with Crippen LogP contribution in [0.5, 0.6) is 0 Å². The molecule has 76 valence electrons. The lowest BCUT2D eigenvalue weighted by Gasteiger charge is -2.02. The van der Waals surface area contributed by atoms with Gasteiger partial charge in [-0.25, -0.2) is 5.48 Å². The maximum absolute atomic E-state index is 11.4. The predicted octanol–water partition coefficient (Wildman–Crippen LogP) is 1.53. The molecule has 0 saturated carbocycles. The third-order valence-corrected chi connectivity index (χ3v) is 2.05. The number of pyridine rings is 1. The Hall–Kier alpha value is -1.94. The predicted molar refractivity (Wildman–Crippen MR) is 56.2 cm³/mol. The fourth-order valence-corrected chi connectivity index (χ4v) is 1.35. The van der Waals surface area contributed by atoms with E-state index in [1.807, 2.05) is 24.3 Å². The van der Waals surface area contributed by atoms with Crippen LogP contribution in [0.25, 0.3) is 10.9 Å². The van der Waals surface area contributed by atoms with E-state index in [-0.39, 0.29) is 5.91 Å². The summed E-state index contributed by atoms with van der Waals surface area (Å²) in [6.07, 6.45) is 1.52. The summed E-state index contributed by atoms with van der Waals surface area (Å²) in [6.45, 7) is 0. The van der Waals surface area contributed by atoms with Gasteiger partial charge >= 0.3 is 0 Å². The third kappa shape index (κ3) is 1.94. The van der Waals surface area contributed by atoms with Crippen LogP contribution >= 0.6 is 0 Å². The van der Waals surface area contributed by atoms with E-state index in [1.54, 1.807) is 6.07 Å². The second-order valence-electron chi connectivity index (χ2n) is 3.05. The second kappa shape index (κ2) is 4.06. The van der Waals surface area contributed by atoms with E-state index in [1.165, 1.54) is 13.3 Å². The Labute approximate surface area is 86.8 Å². The summed E-state index contributed by atoms with van der Waals surface area (Å²) in [5.41, 5.74) is 3.60. The number of hydrogen-bond acceptors (Lipinski definition) is 3. The summed E-state index contributed by atoms with van der Waals surface area (Å²) in [4.78, 5) is 20.1. The number of aromatic nitrogens is 1. The van der Waals surface area contributed by atoms with Gasteiger partial charge in [0.05, 0.1) is 18.2 Å². The molecule has 0 aliphatic carbocycles. The summed E-state index contributed by atoms with van der Waals surface area (Å²) >= 11 is 0. The minimum absolute atomic E-state index is 0.296. The molecule has 1 N–H and O–H groups in total. The lowest BCUT2D eigenvalue weighted by atomic mass is 10.1. The standard InChI is InChI=1S/C11H10N2O2/c1-15-13-11(14)9-6-8-4-2-3-5-10(8)12-7-9/h2-7H,1H3,(H,13,14). The number of hydroxylamine groups is 1. The number of para-hydroxylation sites is 1. The van der Waals surface area contributed by atoms with Crippen LogP contribution in [0.3, 0.4) is 0 Å². The van der Waals surface area contributed by atoms with Crippen LogP contribution in [0.1, 0.15) is 10.4 Å². The molecule has 0 radical (unpaired) electrons. The molecule has 0 aliphatic heterocycles. The van der Waals surface area contributed by atoms with Crippen LogP contribution in [0, 0.1) is 0 Å². The van der Waals surface area contributed by atoms with E-state index in [2.05, 4.69) is 15.3 Å². The molecule has 1 heterocycles. The first-order chi connectivity index (χ1) is 7.31. The van der Waals surface area contributed by atoms with Crippen molar-refractivity contribution in [3.8, 4) is 0 Å². The largest absolute Gasteiger partial charge is 0.277 e. The van der Waals surface area contributed by atoms with Crippen molar-refractivity contribution in [2.75, 3.05) is 7.11 Å². The molecule has 0 bridgehead atoms. The lowest BCUT2D eigenvalue weighted by Crippen LogP contribution is -2.21. The van der Waals surface area contributed by atoms with Gasteiger partial charge in [0.2, 0.25) is 0 Å². The number of carbonyl (C=O) groups is 1. The second-order valence-corrected chi connectivity index (χ2v) is 3.05. The van der Waals surface area contributed by atoms with Gasteiger partial charge in [-0.05, 0) is 12.1 Å². The van der Waals surface area contributed by atoms with Gasteiger partial charge in [0.25, 0.3) is 5.91 Å². The smallest absolute Gasteiger partial charge is 0.276 e. The van der Waals surface area contributed by atoms with Crippen molar-refractivity contribution in [3.63, 3.8) is 0 Å². The normalized spacial score (nSPS) is 10.2. The van der Waals surface area contributed by atoms with E-state index in [4.69, 9.17) is 0 Å². The molecule has 0 fully saturated rings. The van der Waals surface area contributed by atoms with Crippen molar-refractivity contribution in [2.24, 2.45) is 0 Å². The average Bonchev–Trinajstić information content (AvgIpc) is 2.29. The Morgan fingerprint density at radius 3 is 3.00 bits per heavy atom. The maximum Gasteiger partial charge on any atom is 0.276 e. The molecule has 2 rings (SSSR count). The molecule has 0 aliphatic rings. The number of nitrogens with one attached hydrogen (secondary N) is 1. The molecule has 1 aromatic heterocycles. The Morgan fingerprint density at radius 1 is 1.40 bits per heavy atom. The monoisotopic (exact) mass is 202 g/mol. The van der Waals surface area contributed by atoms with E-state index < -0.39 is 0 Å². The van der Waals surface area contributed by atoms with Gasteiger partial charge < -0.3 is 0 Å². The van der Waals surface area contributed by atoms with Crippen molar-refractivity contribution in [1.82, 2.24) is 10.5 Å². The van der Waals surface area contributed by atoms with Crippen molar-refractivity contribution < 1.29 is 9.63 Å². The van der Waals surface area contributed by atoms with Crippen LogP contribution in [-0.4, -0.2) is 18.0 Å². The Balaban J connectivity index is 2.42. The van der Waals surface area contributed by atoms with E-state index in [0.29, 0.717) is 5.56 Å². The molecular weight excluding hydrogens is 192 g/mol. The average molecular weight is 202 g/mol. The molecule has 15 heavy (non-hydrogen) atoms. The van der Waals surface area contributed by atoms with Crippen LogP contribution in [0.4, 0.5) is 0 Å². The molecule has 4 nitrogen and oxygen atoms in total. The molecule has 1 amide bonds. The van der Waals surface area contributed by atoms with E-state index >= 15 is 0 Å². The molecule has 2 aromatic rings. The quantitative estimate of drug-likeness (QED) is 0.751. The van der Waals surface area contributed by atoms with Crippen molar-refractivity contribution in [1.29, 1.82) is 0 Å². The van der Waals surface area contributed by atoms with E-state index in [0.717, 1.165) is 10.9 Å². The number of carbonyl (C=O) groups excluding carboxylic acids is 1. The van der Waals surface area contributed by atoms with E-state index in [9.17, 15) is 4.79 Å². The number of fused-ring (bicyclic) bond motifs is 1. The first-order valence-electron chi connectivity index (χ1n) is 4.49. The number of benzene rings is 1. The highest BCUT2D eigenvalue weighted by atomic mass is 16.6. The first kappa shape index (κ1) is 9.61. The zero-order chi connectivity index (χ0) is 10.7. The van der Waals surface area contributed by atoms with Gasteiger partial charge in [-0.2, -0.15) is 0 Å². The van der Waals surface area contributed by atoms with Crippen LogP contribution in [-0.2, 0) is 4.84 Å². The topological polar surface area (TPSA) is 51.2 Å². The molecule has 4 heteroatoms. The van der Waals surface area contributed by atoms with Crippen LogP contribution < -0.4 is 5.48 Å².